The number of rotatable bonds is 2. The lowest BCUT2D eigenvalue weighted by Gasteiger charge is -2.25. The van der Waals surface area contributed by atoms with Crippen molar-refractivity contribution < 1.29 is 19.4 Å². The molecular weight excluding hydrogens is 405 g/mol. The summed E-state index contributed by atoms with van der Waals surface area (Å²) in [4.78, 5) is 11.2. The van der Waals surface area contributed by atoms with Crippen LogP contribution < -0.4 is 10.1 Å². The number of benzene rings is 1. The molecule has 1 aliphatic rings. The summed E-state index contributed by atoms with van der Waals surface area (Å²) in [6.07, 6.45) is 0.214. The highest BCUT2D eigenvalue weighted by Crippen LogP contribution is 2.44. The molecule has 1 amide bonds. The molecule has 0 unspecified atom stereocenters. The molecule has 0 aromatic heterocycles. The molecule has 5 nitrogen and oxygen atoms in total. The number of hydrogen-bond donors (Lipinski definition) is 2. The molecular formula is C11H12Br2ClNO4. The van der Waals surface area contributed by atoms with Crippen molar-refractivity contribution in [1.82, 2.24) is 5.32 Å². The highest BCUT2D eigenvalue weighted by Gasteiger charge is 2.26. The Bertz CT molecular complexity index is 498. The summed E-state index contributed by atoms with van der Waals surface area (Å²) < 4.78 is 11.1. The van der Waals surface area contributed by atoms with Crippen molar-refractivity contribution in [3.05, 3.63) is 20.6 Å². The van der Waals surface area contributed by atoms with Gasteiger partial charge in [0.15, 0.2) is 11.5 Å². The Morgan fingerprint density at radius 1 is 1.47 bits per heavy atom. The number of ether oxygens (including phenoxy) is 2. The molecule has 0 aliphatic carbocycles. The van der Waals surface area contributed by atoms with Crippen LogP contribution >= 0.6 is 44.3 Å². The van der Waals surface area contributed by atoms with Crippen LogP contribution in [0.4, 0.5) is 4.79 Å². The second kappa shape index (κ2) is 6.67. The number of nitrogens with one attached hydrogen (secondary N) is 1. The molecule has 106 valence electrons. The number of methoxy groups -OCH3 is 1. The summed E-state index contributed by atoms with van der Waals surface area (Å²) >= 11 is 6.68. The fraction of sp³-hybridized carbons (Fsp3) is 0.364. The van der Waals surface area contributed by atoms with E-state index in [4.69, 9.17) is 9.47 Å². The first-order chi connectivity index (χ1) is 8.54. The van der Waals surface area contributed by atoms with Crippen LogP contribution in [0.1, 0.15) is 18.0 Å². The molecule has 1 aliphatic heterocycles. The van der Waals surface area contributed by atoms with Gasteiger partial charge in [-0.1, -0.05) is 0 Å². The van der Waals surface area contributed by atoms with E-state index in [1.54, 1.807) is 6.07 Å². The van der Waals surface area contributed by atoms with Crippen LogP contribution in [0.5, 0.6) is 11.5 Å². The lowest BCUT2D eigenvalue weighted by molar-refractivity contribution is 0.115. The number of amides is 1. The molecule has 0 saturated carbocycles. The Balaban J connectivity index is 0.00000180. The third-order valence-electron chi connectivity index (χ3n) is 2.70. The molecule has 1 atom stereocenters. The van der Waals surface area contributed by atoms with E-state index in [-0.39, 0.29) is 24.2 Å². The Kier molecular flexibility index (Phi) is 5.76. The van der Waals surface area contributed by atoms with Gasteiger partial charge in [0.05, 0.1) is 24.2 Å². The van der Waals surface area contributed by atoms with Gasteiger partial charge in [0.2, 0.25) is 0 Å². The van der Waals surface area contributed by atoms with Crippen molar-refractivity contribution in [3.8, 4) is 11.5 Å². The van der Waals surface area contributed by atoms with Gasteiger partial charge in [0.1, 0.15) is 0 Å². The van der Waals surface area contributed by atoms with Gasteiger partial charge < -0.3 is 19.9 Å². The lowest BCUT2D eigenvalue weighted by Crippen LogP contribution is -2.35. The molecule has 1 heterocycles. The minimum absolute atomic E-state index is 0. The second-order valence-electron chi connectivity index (χ2n) is 3.77. The molecule has 1 aromatic rings. The average Bonchev–Trinajstić information content (AvgIpc) is 2.36. The average molecular weight is 417 g/mol. The van der Waals surface area contributed by atoms with E-state index < -0.39 is 6.09 Å². The first-order valence-electron chi connectivity index (χ1n) is 5.22. The van der Waals surface area contributed by atoms with E-state index in [0.29, 0.717) is 27.7 Å². The molecule has 1 aromatic carbocycles. The van der Waals surface area contributed by atoms with Gasteiger partial charge in [-0.2, -0.15) is 0 Å². The maximum Gasteiger partial charge on any atom is 0.407 e. The van der Waals surface area contributed by atoms with Crippen LogP contribution in [0.15, 0.2) is 15.0 Å². The van der Waals surface area contributed by atoms with Crippen molar-refractivity contribution >= 4 is 50.4 Å². The van der Waals surface area contributed by atoms with Gasteiger partial charge in [-0.15, -0.1) is 12.4 Å². The number of aromatic hydroxyl groups is 1. The predicted molar refractivity (Wildman–Crippen MR) is 79.1 cm³/mol. The van der Waals surface area contributed by atoms with E-state index >= 15 is 0 Å². The van der Waals surface area contributed by atoms with Gasteiger partial charge in [0, 0.05) is 10.9 Å². The highest BCUT2D eigenvalue weighted by atomic mass is 79.9. The first kappa shape index (κ1) is 16.4. The quantitative estimate of drug-likeness (QED) is 0.773. The third kappa shape index (κ3) is 3.27. The van der Waals surface area contributed by atoms with Gasteiger partial charge in [-0.25, -0.2) is 4.79 Å². The summed E-state index contributed by atoms with van der Waals surface area (Å²) in [7, 11) is 1.47. The van der Waals surface area contributed by atoms with Gasteiger partial charge in [-0.3, -0.25) is 0 Å². The molecule has 0 radical (unpaired) electrons. The summed E-state index contributed by atoms with van der Waals surface area (Å²) in [6, 6.07) is 1.52. The number of phenols is 1. The van der Waals surface area contributed by atoms with Crippen LogP contribution in [-0.2, 0) is 4.74 Å². The smallest absolute Gasteiger partial charge is 0.407 e. The summed E-state index contributed by atoms with van der Waals surface area (Å²) in [5, 5.41) is 12.6. The Labute approximate surface area is 133 Å². The van der Waals surface area contributed by atoms with Crippen LogP contribution in [0.25, 0.3) is 0 Å². The monoisotopic (exact) mass is 415 g/mol. The summed E-state index contributed by atoms with van der Waals surface area (Å²) in [6.45, 7) is 0.365. The molecule has 2 N–H and O–H groups in total. The Morgan fingerprint density at radius 2 is 2.16 bits per heavy atom. The standard InChI is InChI=1S/C11H11Br2NO4.ClH/c1-17-7-4-5(8(12)9(13)10(7)15)6-2-3-18-11(16)14-6;/h4,6,15H,2-3H2,1H3,(H,14,16);1H/t6-;/m0./s1. The topological polar surface area (TPSA) is 67.8 Å². The van der Waals surface area contributed by atoms with Crippen molar-refractivity contribution in [1.29, 1.82) is 0 Å². The van der Waals surface area contributed by atoms with E-state index in [1.165, 1.54) is 7.11 Å². The van der Waals surface area contributed by atoms with Crippen LogP contribution in [0, 0.1) is 0 Å². The van der Waals surface area contributed by atoms with Gasteiger partial charge in [-0.05, 0) is 43.5 Å². The van der Waals surface area contributed by atoms with E-state index in [1.807, 2.05) is 0 Å². The van der Waals surface area contributed by atoms with Crippen molar-refractivity contribution in [3.63, 3.8) is 0 Å². The van der Waals surface area contributed by atoms with Gasteiger partial charge in [0.25, 0.3) is 0 Å². The Morgan fingerprint density at radius 3 is 2.74 bits per heavy atom. The zero-order chi connectivity index (χ0) is 13.3. The summed E-state index contributed by atoms with van der Waals surface area (Å²) in [5.74, 6) is 0.368. The largest absolute Gasteiger partial charge is 0.503 e. The SMILES string of the molecule is COc1cc([C@@H]2CCOC(=O)N2)c(Br)c(Br)c1O.Cl. The third-order valence-corrected chi connectivity index (χ3v) is 4.86. The number of cyclic esters (lactones) is 1. The van der Waals surface area contributed by atoms with Crippen LogP contribution in [0.3, 0.4) is 0 Å². The molecule has 2 rings (SSSR count). The lowest BCUT2D eigenvalue weighted by atomic mass is 10.0. The zero-order valence-corrected chi connectivity index (χ0v) is 13.9. The van der Waals surface area contributed by atoms with Crippen molar-refractivity contribution in [2.24, 2.45) is 0 Å². The maximum absolute atomic E-state index is 11.2. The molecule has 1 saturated heterocycles. The number of phenolic OH excluding ortho intramolecular Hbond substituents is 1. The number of carbonyl (C=O) groups excluding carboxylic acids is 1. The van der Waals surface area contributed by atoms with Gasteiger partial charge >= 0.3 is 6.09 Å². The van der Waals surface area contributed by atoms with E-state index in [2.05, 4.69) is 37.2 Å². The van der Waals surface area contributed by atoms with Crippen molar-refractivity contribution in [2.75, 3.05) is 13.7 Å². The Hall–Kier alpha value is -0.660. The minimum Gasteiger partial charge on any atom is -0.503 e. The fourth-order valence-electron chi connectivity index (χ4n) is 1.78. The highest BCUT2D eigenvalue weighted by molar-refractivity contribution is 9.13. The fourth-order valence-corrected chi connectivity index (χ4v) is 2.78. The molecule has 19 heavy (non-hydrogen) atoms. The number of carbonyl (C=O) groups is 1. The second-order valence-corrected chi connectivity index (χ2v) is 5.35. The van der Waals surface area contributed by atoms with Crippen molar-refractivity contribution in [2.45, 2.75) is 12.5 Å². The molecule has 0 bridgehead atoms. The maximum atomic E-state index is 11.2. The number of alkyl carbamates (subject to hydrolysis) is 1. The minimum atomic E-state index is -0.443. The number of halogens is 3. The molecule has 8 heteroatoms. The molecule has 0 spiro atoms. The normalized spacial score (nSPS) is 18.1. The van der Waals surface area contributed by atoms with E-state index in [9.17, 15) is 9.90 Å². The number of hydrogen-bond acceptors (Lipinski definition) is 4. The summed E-state index contributed by atoms with van der Waals surface area (Å²) in [5.41, 5.74) is 0.827. The molecule has 1 fully saturated rings. The first-order valence-corrected chi connectivity index (χ1v) is 6.81. The van der Waals surface area contributed by atoms with Crippen LogP contribution in [-0.4, -0.2) is 24.9 Å². The predicted octanol–water partition coefficient (Wildman–Crippen LogP) is 3.52. The van der Waals surface area contributed by atoms with Crippen LogP contribution in [0.2, 0.25) is 0 Å². The zero-order valence-electron chi connectivity index (χ0n) is 9.91. The van der Waals surface area contributed by atoms with E-state index in [0.717, 1.165) is 5.56 Å².